The third-order valence-electron chi connectivity index (χ3n) is 5.68. The molecule has 2 N–H and O–H groups in total. The second-order valence-electron chi connectivity index (χ2n) is 8.02. The number of nitrogens with one attached hydrogen (secondary N) is 2. The smallest absolute Gasteiger partial charge is 0.233 e. The number of nitrogens with zero attached hydrogens (tertiary/aromatic N) is 6. The number of methoxy groups -OCH3 is 2. The van der Waals surface area contributed by atoms with Crippen molar-refractivity contribution in [1.82, 2.24) is 24.8 Å². The first-order valence-corrected chi connectivity index (χ1v) is 10.9. The number of piperidine rings is 1. The molecule has 1 aliphatic heterocycles. The first-order valence-electron chi connectivity index (χ1n) is 10.9. The van der Waals surface area contributed by atoms with Gasteiger partial charge in [0.1, 0.15) is 0 Å². The topological polar surface area (TPSA) is 101 Å². The van der Waals surface area contributed by atoms with Crippen LogP contribution in [0.5, 0.6) is 11.5 Å². The lowest BCUT2D eigenvalue weighted by Gasteiger charge is -2.35. The van der Waals surface area contributed by atoms with Gasteiger partial charge in [-0.1, -0.05) is 0 Å². The van der Waals surface area contributed by atoms with E-state index in [0.29, 0.717) is 35.4 Å². The Hall–Kier alpha value is -3.66. The van der Waals surface area contributed by atoms with E-state index in [2.05, 4.69) is 44.5 Å². The zero-order chi connectivity index (χ0) is 23.2. The highest BCUT2D eigenvalue weighted by atomic mass is 16.5. The molecule has 0 bridgehead atoms. The zero-order valence-corrected chi connectivity index (χ0v) is 19.4. The molecule has 10 heteroatoms. The van der Waals surface area contributed by atoms with E-state index in [1.165, 1.54) is 0 Å². The van der Waals surface area contributed by atoms with E-state index < -0.39 is 0 Å². The van der Waals surface area contributed by atoms with Gasteiger partial charge in [0.05, 0.1) is 14.2 Å². The highest BCUT2D eigenvalue weighted by Crippen LogP contribution is 2.31. The average Bonchev–Trinajstić information content (AvgIpc) is 2.84. The normalized spacial score (nSPS) is 14.3. The summed E-state index contributed by atoms with van der Waals surface area (Å²) in [6.07, 6.45) is 5.56. The minimum atomic E-state index is 0.443. The fourth-order valence-corrected chi connectivity index (χ4v) is 3.81. The highest BCUT2D eigenvalue weighted by Gasteiger charge is 2.23. The van der Waals surface area contributed by atoms with E-state index in [9.17, 15) is 0 Å². The molecular weight excluding hydrogens is 420 g/mol. The first-order chi connectivity index (χ1) is 16.1. The van der Waals surface area contributed by atoms with Crippen LogP contribution < -0.4 is 25.0 Å². The van der Waals surface area contributed by atoms with Crippen molar-refractivity contribution in [1.29, 1.82) is 0 Å². The number of anilines is 5. The van der Waals surface area contributed by atoms with Crippen molar-refractivity contribution in [2.45, 2.75) is 18.9 Å². The van der Waals surface area contributed by atoms with E-state index >= 15 is 0 Å². The van der Waals surface area contributed by atoms with Crippen LogP contribution in [-0.2, 0) is 0 Å². The molecule has 1 saturated heterocycles. The molecule has 3 heterocycles. The number of hydrogen-bond donors (Lipinski definition) is 2. The Morgan fingerprint density at radius 1 is 0.848 bits per heavy atom. The molecule has 1 fully saturated rings. The fraction of sp³-hybridized carbons (Fsp3) is 0.391. The van der Waals surface area contributed by atoms with Gasteiger partial charge in [0.15, 0.2) is 11.5 Å². The molecule has 33 heavy (non-hydrogen) atoms. The Morgan fingerprint density at radius 2 is 1.48 bits per heavy atom. The van der Waals surface area contributed by atoms with Crippen molar-refractivity contribution in [2.24, 2.45) is 0 Å². The van der Waals surface area contributed by atoms with Gasteiger partial charge in [-0.05, 0) is 51.2 Å². The average molecular weight is 451 g/mol. The van der Waals surface area contributed by atoms with Crippen LogP contribution in [0.2, 0.25) is 0 Å². The summed E-state index contributed by atoms with van der Waals surface area (Å²) >= 11 is 0. The molecule has 1 aliphatic rings. The van der Waals surface area contributed by atoms with Gasteiger partial charge in [0.2, 0.25) is 17.8 Å². The Balaban J connectivity index is 1.61. The van der Waals surface area contributed by atoms with E-state index in [1.807, 2.05) is 30.3 Å². The molecule has 0 spiro atoms. The Kier molecular flexibility index (Phi) is 7.04. The second-order valence-corrected chi connectivity index (χ2v) is 8.02. The Labute approximate surface area is 194 Å². The largest absolute Gasteiger partial charge is 0.493 e. The number of ether oxygens (including phenoxy) is 2. The number of rotatable bonds is 8. The maximum atomic E-state index is 5.42. The molecular formula is C23H30N8O2. The molecule has 10 nitrogen and oxygen atoms in total. The lowest BCUT2D eigenvalue weighted by molar-refractivity contribution is 0.249. The molecule has 3 aromatic rings. The third-order valence-corrected chi connectivity index (χ3v) is 5.68. The second kappa shape index (κ2) is 10.3. The van der Waals surface area contributed by atoms with Gasteiger partial charge in [-0.15, -0.1) is 0 Å². The van der Waals surface area contributed by atoms with E-state index in [0.717, 1.165) is 37.3 Å². The molecule has 0 unspecified atom stereocenters. The fourth-order valence-electron chi connectivity index (χ4n) is 3.81. The molecule has 0 aliphatic carbocycles. The number of hydrogen-bond acceptors (Lipinski definition) is 10. The Morgan fingerprint density at radius 3 is 2.09 bits per heavy atom. The van der Waals surface area contributed by atoms with Gasteiger partial charge >= 0.3 is 0 Å². The number of pyridine rings is 1. The summed E-state index contributed by atoms with van der Waals surface area (Å²) in [7, 11) is 7.48. The van der Waals surface area contributed by atoms with E-state index in [4.69, 9.17) is 19.4 Å². The maximum Gasteiger partial charge on any atom is 0.233 e. The molecule has 0 amide bonds. The van der Waals surface area contributed by atoms with Crippen LogP contribution in [0.15, 0.2) is 42.7 Å². The molecule has 1 aromatic carbocycles. The van der Waals surface area contributed by atoms with Crippen molar-refractivity contribution in [3.05, 3.63) is 42.7 Å². The van der Waals surface area contributed by atoms with Crippen LogP contribution in [0, 0.1) is 0 Å². The standard InChI is InChI=1S/C23H30N8O2/c1-30(2)18-9-13-31(14-10-18)23-28-21(25-16-7-11-24-12-8-16)27-22(29-23)26-17-5-6-19(32-3)20(15-17)33-4/h5-8,11-12,15,18H,9-10,13-14H2,1-4H3,(H2,24,25,26,27,28,29). The Bertz CT molecular complexity index is 1060. The van der Waals surface area contributed by atoms with Crippen molar-refractivity contribution in [2.75, 3.05) is 56.9 Å². The van der Waals surface area contributed by atoms with E-state index in [1.54, 1.807) is 26.6 Å². The zero-order valence-electron chi connectivity index (χ0n) is 19.4. The van der Waals surface area contributed by atoms with Gasteiger partial charge in [-0.3, -0.25) is 4.98 Å². The minimum absolute atomic E-state index is 0.443. The summed E-state index contributed by atoms with van der Waals surface area (Å²) in [5.74, 6) is 2.82. The molecule has 4 rings (SSSR count). The molecule has 0 radical (unpaired) electrons. The first kappa shape index (κ1) is 22.5. The summed E-state index contributed by atoms with van der Waals surface area (Å²) in [6.45, 7) is 1.77. The minimum Gasteiger partial charge on any atom is -0.493 e. The summed E-state index contributed by atoms with van der Waals surface area (Å²) in [4.78, 5) is 22.6. The highest BCUT2D eigenvalue weighted by molar-refractivity contribution is 5.62. The van der Waals surface area contributed by atoms with Crippen molar-refractivity contribution in [3.63, 3.8) is 0 Å². The molecule has 174 valence electrons. The van der Waals surface area contributed by atoms with Crippen molar-refractivity contribution >= 4 is 29.2 Å². The van der Waals surface area contributed by atoms with Gasteiger partial charge in [-0.25, -0.2) is 0 Å². The van der Waals surface area contributed by atoms with Gasteiger partial charge in [0.25, 0.3) is 0 Å². The summed E-state index contributed by atoms with van der Waals surface area (Å²) in [6, 6.07) is 9.89. The van der Waals surface area contributed by atoms with E-state index in [-0.39, 0.29) is 0 Å². The van der Waals surface area contributed by atoms with Crippen LogP contribution in [-0.4, -0.2) is 72.3 Å². The summed E-state index contributed by atoms with van der Waals surface area (Å²) in [5.41, 5.74) is 1.64. The lowest BCUT2D eigenvalue weighted by atomic mass is 10.0. The summed E-state index contributed by atoms with van der Waals surface area (Å²) < 4.78 is 10.7. The summed E-state index contributed by atoms with van der Waals surface area (Å²) in [5, 5.41) is 6.53. The van der Waals surface area contributed by atoms with Gasteiger partial charge in [-0.2, -0.15) is 15.0 Å². The maximum absolute atomic E-state index is 5.42. The van der Waals surface area contributed by atoms with Crippen LogP contribution >= 0.6 is 0 Å². The van der Waals surface area contributed by atoms with Crippen molar-refractivity contribution < 1.29 is 9.47 Å². The van der Waals surface area contributed by atoms with Crippen molar-refractivity contribution in [3.8, 4) is 11.5 Å². The number of benzene rings is 1. The van der Waals surface area contributed by atoms with Gasteiger partial charge in [0, 0.05) is 49.0 Å². The SMILES string of the molecule is COc1ccc(Nc2nc(Nc3ccncc3)nc(N3CCC(N(C)C)CC3)n2)cc1OC. The predicted molar refractivity (Wildman–Crippen MR) is 129 cm³/mol. The number of aromatic nitrogens is 4. The molecule has 0 saturated carbocycles. The lowest BCUT2D eigenvalue weighted by Crippen LogP contribution is -2.42. The van der Waals surface area contributed by atoms with Crippen LogP contribution in [0.25, 0.3) is 0 Å². The quantitative estimate of drug-likeness (QED) is 0.532. The van der Waals surface area contributed by atoms with Crippen LogP contribution in [0.1, 0.15) is 12.8 Å². The van der Waals surface area contributed by atoms with Gasteiger partial charge < -0.3 is 29.9 Å². The predicted octanol–water partition coefficient (Wildman–Crippen LogP) is 3.30. The molecule has 0 atom stereocenters. The molecule has 2 aromatic heterocycles. The van der Waals surface area contributed by atoms with Crippen LogP contribution in [0.3, 0.4) is 0 Å². The monoisotopic (exact) mass is 450 g/mol. The third kappa shape index (κ3) is 5.58. The van der Waals surface area contributed by atoms with Crippen LogP contribution in [0.4, 0.5) is 29.2 Å².